The summed E-state index contributed by atoms with van der Waals surface area (Å²) < 4.78 is 1.34. The van der Waals surface area contributed by atoms with E-state index in [2.05, 4.69) is 0 Å². The highest BCUT2D eigenvalue weighted by Gasteiger charge is 2.17. The zero-order chi connectivity index (χ0) is 11.0. The number of aromatic nitrogens is 1. The molecule has 15 heavy (non-hydrogen) atoms. The number of aromatic carboxylic acids is 2. The van der Waals surface area contributed by atoms with Gasteiger partial charge in [-0.1, -0.05) is 6.07 Å². The van der Waals surface area contributed by atoms with Crippen LogP contribution in [-0.2, 0) is 0 Å². The monoisotopic (exact) mass is 205 g/mol. The Labute approximate surface area is 84.2 Å². The molecule has 0 saturated heterocycles. The lowest BCUT2D eigenvalue weighted by atomic mass is 10.2. The molecule has 0 aromatic carbocycles. The summed E-state index contributed by atoms with van der Waals surface area (Å²) in [6, 6.07) is 6.02. The van der Waals surface area contributed by atoms with E-state index >= 15 is 0 Å². The fourth-order valence-corrected chi connectivity index (χ4v) is 1.49. The summed E-state index contributed by atoms with van der Waals surface area (Å²) >= 11 is 0. The van der Waals surface area contributed by atoms with Crippen molar-refractivity contribution in [1.29, 1.82) is 0 Å². The number of fused-ring (bicyclic) bond motifs is 1. The summed E-state index contributed by atoms with van der Waals surface area (Å²) in [7, 11) is 0. The minimum Gasteiger partial charge on any atom is -0.478 e. The van der Waals surface area contributed by atoms with E-state index in [1.165, 1.54) is 10.6 Å². The van der Waals surface area contributed by atoms with Crippen molar-refractivity contribution in [2.24, 2.45) is 0 Å². The van der Waals surface area contributed by atoms with Gasteiger partial charge in [-0.05, 0) is 18.2 Å². The predicted octanol–water partition coefficient (Wildman–Crippen LogP) is 1.34. The lowest BCUT2D eigenvalue weighted by molar-refractivity contribution is 0.0687. The van der Waals surface area contributed by atoms with Crippen molar-refractivity contribution in [3.8, 4) is 0 Å². The van der Waals surface area contributed by atoms with E-state index in [0.29, 0.717) is 5.52 Å². The Morgan fingerprint density at radius 3 is 2.47 bits per heavy atom. The summed E-state index contributed by atoms with van der Waals surface area (Å²) in [5.41, 5.74) is 0.318. The summed E-state index contributed by atoms with van der Waals surface area (Å²) in [4.78, 5) is 21.7. The standard InChI is InChI=1S/C10H7NO4/c12-9(13)6-5-8(10(14)15)11-4-2-1-3-7(6)11/h1-5H,(H,12,13)(H,14,15). The molecule has 2 rings (SSSR count). The van der Waals surface area contributed by atoms with Gasteiger partial charge in [-0.3, -0.25) is 0 Å². The Morgan fingerprint density at radius 2 is 1.87 bits per heavy atom. The highest BCUT2D eigenvalue weighted by molar-refractivity contribution is 6.00. The van der Waals surface area contributed by atoms with E-state index in [-0.39, 0.29) is 11.3 Å². The number of carboxylic acids is 2. The smallest absolute Gasteiger partial charge is 0.352 e. The third-order valence-electron chi connectivity index (χ3n) is 2.13. The molecule has 0 radical (unpaired) electrons. The molecular weight excluding hydrogens is 198 g/mol. The van der Waals surface area contributed by atoms with Crippen molar-refractivity contribution in [3.05, 3.63) is 41.7 Å². The molecule has 0 aliphatic rings. The van der Waals surface area contributed by atoms with Gasteiger partial charge in [-0.15, -0.1) is 0 Å². The van der Waals surface area contributed by atoms with Gasteiger partial charge in [-0.2, -0.15) is 0 Å². The Hall–Kier alpha value is -2.30. The van der Waals surface area contributed by atoms with Gasteiger partial charge in [0, 0.05) is 6.20 Å². The third kappa shape index (κ3) is 1.34. The number of carboxylic acid groups (broad SMARTS) is 2. The lowest BCUT2D eigenvalue weighted by Gasteiger charge is -1.96. The SMILES string of the molecule is O=C(O)c1cc(C(=O)O)n2ccccc12. The van der Waals surface area contributed by atoms with Crippen LogP contribution in [0.2, 0.25) is 0 Å². The van der Waals surface area contributed by atoms with Gasteiger partial charge >= 0.3 is 11.9 Å². The van der Waals surface area contributed by atoms with Crippen LogP contribution in [0.3, 0.4) is 0 Å². The third-order valence-corrected chi connectivity index (χ3v) is 2.13. The van der Waals surface area contributed by atoms with Crippen LogP contribution in [0.1, 0.15) is 20.8 Å². The second-order valence-electron chi connectivity index (χ2n) is 3.01. The minimum absolute atomic E-state index is 0.00648. The first-order chi connectivity index (χ1) is 7.11. The molecule has 0 saturated carbocycles. The first-order valence-electron chi connectivity index (χ1n) is 4.18. The van der Waals surface area contributed by atoms with Crippen LogP contribution in [0, 0.1) is 0 Å². The van der Waals surface area contributed by atoms with Crippen molar-refractivity contribution in [2.45, 2.75) is 0 Å². The summed E-state index contributed by atoms with van der Waals surface area (Å²) in [6.07, 6.45) is 1.52. The summed E-state index contributed by atoms with van der Waals surface area (Å²) in [5, 5.41) is 17.7. The van der Waals surface area contributed by atoms with Crippen molar-refractivity contribution in [3.63, 3.8) is 0 Å². The van der Waals surface area contributed by atoms with E-state index in [1.807, 2.05) is 0 Å². The number of hydrogen-bond acceptors (Lipinski definition) is 2. The van der Waals surface area contributed by atoms with Crippen LogP contribution in [0.15, 0.2) is 30.5 Å². The van der Waals surface area contributed by atoms with Gasteiger partial charge < -0.3 is 14.6 Å². The van der Waals surface area contributed by atoms with Gasteiger partial charge in [0.05, 0.1) is 11.1 Å². The largest absolute Gasteiger partial charge is 0.478 e. The van der Waals surface area contributed by atoms with Gasteiger partial charge in [0.25, 0.3) is 0 Å². The van der Waals surface area contributed by atoms with Crippen LogP contribution < -0.4 is 0 Å². The zero-order valence-corrected chi connectivity index (χ0v) is 7.54. The highest BCUT2D eigenvalue weighted by atomic mass is 16.4. The van der Waals surface area contributed by atoms with Gasteiger partial charge in [0.15, 0.2) is 0 Å². The molecule has 0 aliphatic carbocycles. The first kappa shape index (κ1) is 9.26. The molecule has 0 aliphatic heterocycles. The first-order valence-corrected chi connectivity index (χ1v) is 4.18. The molecule has 2 aromatic rings. The van der Waals surface area contributed by atoms with E-state index in [4.69, 9.17) is 10.2 Å². The average molecular weight is 205 g/mol. The van der Waals surface area contributed by atoms with E-state index in [0.717, 1.165) is 6.07 Å². The van der Waals surface area contributed by atoms with E-state index in [9.17, 15) is 9.59 Å². The Bertz CT molecular complexity index is 508. The number of pyridine rings is 1. The maximum Gasteiger partial charge on any atom is 0.352 e. The molecule has 0 unspecified atom stereocenters. The Morgan fingerprint density at radius 1 is 1.13 bits per heavy atom. The van der Waals surface area contributed by atoms with Crippen molar-refractivity contribution in [2.75, 3.05) is 0 Å². The second kappa shape index (κ2) is 3.13. The van der Waals surface area contributed by atoms with Crippen LogP contribution in [0.25, 0.3) is 5.52 Å². The molecule has 5 nitrogen and oxygen atoms in total. The van der Waals surface area contributed by atoms with Gasteiger partial charge in [-0.25, -0.2) is 9.59 Å². The second-order valence-corrected chi connectivity index (χ2v) is 3.01. The number of rotatable bonds is 2. The molecule has 0 spiro atoms. The summed E-state index contributed by atoms with van der Waals surface area (Å²) in [5.74, 6) is -2.28. The molecule has 2 heterocycles. The van der Waals surface area contributed by atoms with Crippen molar-refractivity contribution < 1.29 is 19.8 Å². The predicted molar refractivity (Wildman–Crippen MR) is 51.3 cm³/mol. The number of hydrogen-bond donors (Lipinski definition) is 2. The molecule has 0 atom stereocenters. The van der Waals surface area contributed by atoms with Crippen LogP contribution >= 0.6 is 0 Å². The van der Waals surface area contributed by atoms with E-state index in [1.54, 1.807) is 18.2 Å². The van der Waals surface area contributed by atoms with E-state index < -0.39 is 11.9 Å². The quantitative estimate of drug-likeness (QED) is 0.775. The highest BCUT2D eigenvalue weighted by Crippen LogP contribution is 2.16. The van der Waals surface area contributed by atoms with Gasteiger partial charge in [0.2, 0.25) is 0 Å². The van der Waals surface area contributed by atoms with Gasteiger partial charge in [0.1, 0.15) is 5.69 Å². The van der Waals surface area contributed by atoms with Crippen LogP contribution in [-0.4, -0.2) is 26.6 Å². The minimum atomic E-state index is -1.15. The normalized spacial score (nSPS) is 10.4. The molecule has 0 amide bonds. The summed E-state index contributed by atoms with van der Waals surface area (Å²) in [6.45, 7) is 0. The van der Waals surface area contributed by atoms with Crippen molar-refractivity contribution >= 4 is 17.5 Å². The average Bonchev–Trinajstić information content (AvgIpc) is 2.56. The maximum atomic E-state index is 10.8. The molecule has 0 bridgehead atoms. The fourth-order valence-electron chi connectivity index (χ4n) is 1.49. The topological polar surface area (TPSA) is 79.0 Å². The van der Waals surface area contributed by atoms with Crippen LogP contribution in [0.5, 0.6) is 0 Å². The maximum absolute atomic E-state index is 10.8. The molecule has 76 valence electrons. The number of nitrogens with zero attached hydrogens (tertiary/aromatic N) is 1. The zero-order valence-electron chi connectivity index (χ0n) is 7.54. The molecule has 5 heteroatoms. The molecule has 0 fully saturated rings. The molecule has 2 aromatic heterocycles. The Balaban J connectivity index is 2.85. The Kier molecular flexibility index (Phi) is 1.93. The van der Waals surface area contributed by atoms with Crippen LogP contribution in [0.4, 0.5) is 0 Å². The molecular formula is C10H7NO4. The lowest BCUT2D eigenvalue weighted by Crippen LogP contribution is -2.00. The molecule has 2 N–H and O–H groups in total. The number of carbonyl (C=O) groups is 2. The van der Waals surface area contributed by atoms with Crippen molar-refractivity contribution in [1.82, 2.24) is 4.40 Å². The fraction of sp³-hybridized carbons (Fsp3) is 0.